The average molecular weight is 251 g/mol. The predicted octanol–water partition coefficient (Wildman–Crippen LogP) is 3.50. The Bertz CT molecular complexity index is 771. The first kappa shape index (κ1) is 11.5. The number of carbonyl (C=O) groups is 1. The molecule has 3 nitrogen and oxygen atoms in total. The fourth-order valence-electron chi connectivity index (χ4n) is 2.16. The SMILES string of the molecule is C=CCNC(=O)c1cc2c(ccc3ccccc32)o1. The van der Waals surface area contributed by atoms with E-state index in [1.165, 1.54) is 0 Å². The number of benzene rings is 2. The van der Waals surface area contributed by atoms with Gasteiger partial charge in [-0.1, -0.05) is 36.4 Å². The van der Waals surface area contributed by atoms with Crippen LogP contribution in [0.15, 0.2) is 59.5 Å². The van der Waals surface area contributed by atoms with Crippen molar-refractivity contribution in [2.75, 3.05) is 6.54 Å². The van der Waals surface area contributed by atoms with E-state index >= 15 is 0 Å². The number of hydrogen-bond donors (Lipinski definition) is 1. The van der Waals surface area contributed by atoms with Crippen LogP contribution < -0.4 is 5.32 Å². The maximum absolute atomic E-state index is 11.9. The molecule has 0 radical (unpaired) electrons. The van der Waals surface area contributed by atoms with Crippen LogP contribution in [0.4, 0.5) is 0 Å². The molecular weight excluding hydrogens is 238 g/mol. The summed E-state index contributed by atoms with van der Waals surface area (Å²) in [6.45, 7) is 3.99. The van der Waals surface area contributed by atoms with E-state index in [9.17, 15) is 4.79 Å². The van der Waals surface area contributed by atoms with Crippen LogP contribution in [-0.2, 0) is 0 Å². The summed E-state index contributed by atoms with van der Waals surface area (Å²) in [5, 5.41) is 5.89. The first-order valence-corrected chi connectivity index (χ1v) is 6.10. The number of furan rings is 1. The molecule has 3 rings (SSSR count). The summed E-state index contributed by atoms with van der Waals surface area (Å²) in [5.41, 5.74) is 0.724. The summed E-state index contributed by atoms with van der Waals surface area (Å²) in [6, 6.07) is 13.7. The zero-order valence-corrected chi connectivity index (χ0v) is 10.3. The van der Waals surface area contributed by atoms with Crippen molar-refractivity contribution in [1.82, 2.24) is 5.32 Å². The highest BCUT2D eigenvalue weighted by molar-refractivity contribution is 6.08. The molecule has 0 atom stereocenters. The van der Waals surface area contributed by atoms with E-state index in [-0.39, 0.29) is 5.91 Å². The smallest absolute Gasteiger partial charge is 0.287 e. The molecule has 3 heteroatoms. The molecule has 0 spiro atoms. The van der Waals surface area contributed by atoms with E-state index in [4.69, 9.17) is 4.42 Å². The molecule has 3 aromatic rings. The molecule has 1 heterocycles. The third-order valence-corrected chi connectivity index (χ3v) is 3.06. The normalized spacial score (nSPS) is 10.7. The van der Waals surface area contributed by atoms with Crippen molar-refractivity contribution < 1.29 is 9.21 Å². The molecule has 94 valence electrons. The fourth-order valence-corrected chi connectivity index (χ4v) is 2.16. The number of hydrogen-bond acceptors (Lipinski definition) is 2. The van der Waals surface area contributed by atoms with Gasteiger partial charge in [-0.2, -0.15) is 0 Å². The Kier molecular flexibility index (Phi) is 2.80. The largest absolute Gasteiger partial charge is 0.451 e. The highest BCUT2D eigenvalue weighted by atomic mass is 16.3. The predicted molar refractivity (Wildman–Crippen MR) is 76.3 cm³/mol. The highest BCUT2D eigenvalue weighted by Gasteiger charge is 2.12. The number of rotatable bonds is 3. The number of amides is 1. The molecule has 0 aliphatic rings. The molecule has 0 aliphatic heterocycles. The Labute approximate surface area is 110 Å². The maximum atomic E-state index is 11.9. The highest BCUT2D eigenvalue weighted by Crippen LogP contribution is 2.27. The monoisotopic (exact) mass is 251 g/mol. The lowest BCUT2D eigenvalue weighted by Gasteiger charge is -1.96. The maximum Gasteiger partial charge on any atom is 0.287 e. The second-order valence-corrected chi connectivity index (χ2v) is 4.31. The number of carbonyl (C=O) groups excluding carboxylic acids is 1. The van der Waals surface area contributed by atoms with Gasteiger partial charge in [0.15, 0.2) is 5.76 Å². The van der Waals surface area contributed by atoms with Crippen LogP contribution in [0.5, 0.6) is 0 Å². The van der Waals surface area contributed by atoms with Crippen molar-refractivity contribution in [1.29, 1.82) is 0 Å². The van der Waals surface area contributed by atoms with Gasteiger partial charge < -0.3 is 9.73 Å². The number of nitrogens with one attached hydrogen (secondary N) is 1. The van der Waals surface area contributed by atoms with Crippen LogP contribution in [0.3, 0.4) is 0 Å². The standard InChI is InChI=1S/C16H13NO2/c1-2-9-17-16(18)15-10-13-12-6-4-3-5-11(12)7-8-14(13)19-15/h2-8,10H,1,9H2,(H,17,18). The van der Waals surface area contributed by atoms with Crippen LogP contribution in [0.1, 0.15) is 10.6 Å². The number of fused-ring (bicyclic) bond motifs is 3. The van der Waals surface area contributed by atoms with Gasteiger partial charge in [-0.3, -0.25) is 4.79 Å². The Balaban J connectivity index is 2.12. The summed E-state index contributed by atoms with van der Waals surface area (Å²) in [7, 11) is 0. The van der Waals surface area contributed by atoms with E-state index in [2.05, 4.69) is 11.9 Å². The van der Waals surface area contributed by atoms with Crippen molar-refractivity contribution in [3.05, 3.63) is 60.9 Å². The van der Waals surface area contributed by atoms with E-state index in [1.807, 2.05) is 36.4 Å². The second-order valence-electron chi connectivity index (χ2n) is 4.31. The molecule has 0 saturated heterocycles. The van der Waals surface area contributed by atoms with Gasteiger partial charge in [0.2, 0.25) is 0 Å². The molecule has 1 aromatic heterocycles. The Hall–Kier alpha value is -2.55. The van der Waals surface area contributed by atoms with Gasteiger partial charge in [0.25, 0.3) is 5.91 Å². The fraction of sp³-hybridized carbons (Fsp3) is 0.0625. The first-order chi connectivity index (χ1) is 9.29. The second kappa shape index (κ2) is 4.61. The van der Waals surface area contributed by atoms with Gasteiger partial charge in [0.05, 0.1) is 0 Å². The molecule has 0 saturated carbocycles. The summed E-state index contributed by atoms with van der Waals surface area (Å²) >= 11 is 0. The minimum Gasteiger partial charge on any atom is -0.451 e. The van der Waals surface area contributed by atoms with Crippen LogP contribution in [0.2, 0.25) is 0 Å². The van der Waals surface area contributed by atoms with Gasteiger partial charge >= 0.3 is 0 Å². The third-order valence-electron chi connectivity index (χ3n) is 3.06. The third kappa shape index (κ3) is 1.99. The Morgan fingerprint density at radius 2 is 2.05 bits per heavy atom. The molecular formula is C16H13NO2. The van der Waals surface area contributed by atoms with Crippen LogP contribution in [-0.4, -0.2) is 12.5 Å². The molecule has 19 heavy (non-hydrogen) atoms. The summed E-state index contributed by atoms with van der Waals surface area (Å²) in [4.78, 5) is 11.9. The first-order valence-electron chi connectivity index (χ1n) is 6.10. The van der Waals surface area contributed by atoms with E-state index in [0.717, 1.165) is 21.7 Å². The molecule has 0 bridgehead atoms. The van der Waals surface area contributed by atoms with E-state index < -0.39 is 0 Å². The van der Waals surface area contributed by atoms with E-state index in [1.54, 1.807) is 12.1 Å². The lowest BCUT2D eigenvalue weighted by Crippen LogP contribution is -2.22. The van der Waals surface area contributed by atoms with Crippen molar-refractivity contribution >= 4 is 27.6 Å². The van der Waals surface area contributed by atoms with Crippen molar-refractivity contribution in [3.8, 4) is 0 Å². The van der Waals surface area contributed by atoms with Gasteiger partial charge in [0.1, 0.15) is 5.58 Å². The van der Waals surface area contributed by atoms with Gasteiger partial charge in [-0.05, 0) is 22.9 Å². The Morgan fingerprint density at radius 1 is 1.21 bits per heavy atom. The molecule has 2 aromatic carbocycles. The summed E-state index contributed by atoms with van der Waals surface area (Å²) in [5.74, 6) is 0.105. The zero-order valence-electron chi connectivity index (χ0n) is 10.3. The van der Waals surface area contributed by atoms with Gasteiger partial charge in [-0.25, -0.2) is 0 Å². The van der Waals surface area contributed by atoms with Gasteiger partial charge in [0, 0.05) is 11.9 Å². The minimum absolute atomic E-state index is 0.222. The van der Waals surface area contributed by atoms with Crippen LogP contribution in [0, 0.1) is 0 Å². The Morgan fingerprint density at radius 3 is 2.89 bits per heavy atom. The molecule has 0 aliphatic carbocycles. The molecule has 0 unspecified atom stereocenters. The summed E-state index contributed by atoms with van der Waals surface area (Å²) < 4.78 is 5.59. The van der Waals surface area contributed by atoms with Crippen molar-refractivity contribution in [2.24, 2.45) is 0 Å². The van der Waals surface area contributed by atoms with Crippen molar-refractivity contribution in [3.63, 3.8) is 0 Å². The lowest BCUT2D eigenvalue weighted by atomic mass is 10.1. The minimum atomic E-state index is -0.222. The van der Waals surface area contributed by atoms with E-state index in [0.29, 0.717) is 12.3 Å². The lowest BCUT2D eigenvalue weighted by molar-refractivity contribution is 0.0932. The van der Waals surface area contributed by atoms with Gasteiger partial charge in [-0.15, -0.1) is 6.58 Å². The van der Waals surface area contributed by atoms with Crippen LogP contribution >= 0.6 is 0 Å². The molecule has 1 N–H and O–H groups in total. The topological polar surface area (TPSA) is 42.2 Å². The quantitative estimate of drug-likeness (QED) is 0.724. The molecule has 1 amide bonds. The van der Waals surface area contributed by atoms with Crippen LogP contribution in [0.25, 0.3) is 21.7 Å². The molecule has 0 fully saturated rings. The average Bonchev–Trinajstić information content (AvgIpc) is 2.89. The summed E-state index contributed by atoms with van der Waals surface area (Å²) in [6.07, 6.45) is 1.63. The zero-order chi connectivity index (χ0) is 13.2. The van der Waals surface area contributed by atoms with Crippen molar-refractivity contribution in [2.45, 2.75) is 0 Å².